The van der Waals surface area contributed by atoms with Gasteiger partial charge in [0.15, 0.2) is 11.5 Å². The molecule has 0 fully saturated rings. The fourth-order valence-corrected chi connectivity index (χ4v) is 2.93. The SMILES string of the molecule is Cc1cc(C(=O)NN=Cc2cc3c(cc2Br)OCO3)cs1. The van der Waals surface area contributed by atoms with E-state index in [0.717, 1.165) is 14.9 Å². The third kappa shape index (κ3) is 3.08. The van der Waals surface area contributed by atoms with Gasteiger partial charge >= 0.3 is 0 Å². The molecule has 1 aliphatic heterocycles. The number of amides is 1. The van der Waals surface area contributed by atoms with Gasteiger partial charge in [0.2, 0.25) is 6.79 Å². The molecule has 0 atom stereocenters. The Morgan fingerprint density at radius 3 is 2.86 bits per heavy atom. The maximum atomic E-state index is 11.8. The highest BCUT2D eigenvalue weighted by Crippen LogP contribution is 2.36. The van der Waals surface area contributed by atoms with Gasteiger partial charge in [-0.3, -0.25) is 4.79 Å². The van der Waals surface area contributed by atoms with Crippen LogP contribution in [0.5, 0.6) is 11.5 Å². The second kappa shape index (κ2) is 5.87. The number of hydrogen-bond donors (Lipinski definition) is 1. The standard InChI is InChI=1S/C14H11BrN2O3S/c1-8-2-10(6-21-8)14(18)17-16-5-9-3-12-13(4-11(9)15)20-7-19-12/h2-6H,7H2,1H3,(H,17,18). The lowest BCUT2D eigenvalue weighted by molar-refractivity contribution is 0.0955. The molecule has 2 aromatic rings. The van der Waals surface area contributed by atoms with E-state index in [2.05, 4.69) is 26.5 Å². The molecule has 1 aliphatic rings. The van der Waals surface area contributed by atoms with Gasteiger partial charge < -0.3 is 9.47 Å². The van der Waals surface area contributed by atoms with Crippen LogP contribution in [-0.2, 0) is 0 Å². The van der Waals surface area contributed by atoms with Gasteiger partial charge in [-0.2, -0.15) is 5.10 Å². The molecule has 3 rings (SSSR count). The second-order valence-corrected chi connectivity index (χ2v) is 6.34. The van der Waals surface area contributed by atoms with E-state index < -0.39 is 0 Å². The number of fused-ring (bicyclic) bond motifs is 1. The first kappa shape index (κ1) is 14.1. The molecule has 2 heterocycles. The molecule has 7 heteroatoms. The van der Waals surface area contributed by atoms with Crippen molar-refractivity contribution in [2.45, 2.75) is 6.92 Å². The minimum absolute atomic E-state index is 0.219. The Morgan fingerprint density at radius 1 is 1.38 bits per heavy atom. The summed E-state index contributed by atoms with van der Waals surface area (Å²) in [6, 6.07) is 5.44. The van der Waals surface area contributed by atoms with Crippen LogP contribution < -0.4 is 14.9 Å². The Bertz CT molecular complexity index is 727. The number of benzene rings is 1. The zero-order chi connectivity index (χ0) is 14.8. The normalized spacial score (nSPS) is 12.9. The lowest BCUT2D eigenvalue weighted by Gasteiger charge is -2.01. The van der Waals surface area contributed by atoms with Crippen molar-refractivity contribution in [1.82, 2.24) is 5.43 Å². The number of hydrogen-bond acceptors (Lipinski definition) is 5. The van der Waals surface area contributed by atoms with Crippen LogP contribution >= 0.6 is 27.3 Å². The molecule has 0 saturated heterocycles. The number of rotatable bonds is 3. The van der Waals surface area contributed by atoms with E-state index in [0.29, 0.717) is 17.1 Å². The van der Waals surface area contributed by atoms with Crippen LogP contribution in [0.3, 0.4) is 0 Å². The molecule has 1 aromatic carbocycles. The van der Waals surface area contributed by atoms with Crippen molar-refractivity contribution < 1.29 is 14.3 Å². The van der Waals surface area contributed by atoms with Gasteiger partial charge in [0, 0.05) is 20.3 Å². The summed E-state index contributed by atoms with van der Waals surface area (Å²) in [5, 5.41) is 5.77. The lowest BCUT2D eigenvalue weighted by Crippen LogP contribution is -2.16. The van der Waals surface area contributed by atoms with Gasteiger partial charge in [-0.15, -0.1) is 11.3 Å². The number of nitrogens with zero attached hydrogens (tertiary/aromatic N) is 1. The summed E-state index contributed by atoms with van der Waals surface area (Å²) in [5.74, 6) is 1.13. The van der Waals surface area contributed by atoms with Crippen molar-refractivity contribution in [3.63, 3.8) is 0 Å². The van der Waals surface area contributed by atoms with Gasteiger partial charge in [-0.05, 0) is 41.1 Å². The molecule has 0 radical (unpaired) electrons. The van der Waals surface area contributed by atoms with Gasteiger partial charge in [0.05, 0.1) is 11.8 Å². The zero-order valence-corrected chi connectivity index (χ0v) is 13.5. The Kier molecular flexibility index (Phi) is 3.94. The van der Waals surface area contributed by atoms with Crippen molar-refractivity contribution in [3.8, 4) is 11.5 Å². The number of carbonyl (C=O) groups is 1. The van der Waals surface area contributed by atoms with Crippen molar-refractivity contribution in [2.75, 3.05) is 6.79 Å². The summed E-state index contributed by atoms with van der Waals surface area (Å²) in [6.45, 7) is 2.17. The molecular weight excluding hydrogens is 356 g/mol. The molecule has 1 amide bonds. The molecule has 21 heavy (non-hydrogen) atoms. The smallest absolute Gasteiger partial charge is 0.272 e. The van der Waals surface area contributed by atoms with Crippen molar-refractivity contribution in [1.29, 1.82) is 0 Å². The van der Waals surface area contributed by atoms with Crippen LogP contribution in [0.1, 0.15) is 20.8 Å². The van der Waals surface area contributed by atoms with E-state index in [1.165, 1.54) is 11.3 Å². The van der Waals surface area contributed by atoms with Crippen LogP contribution in [0.2, 0.25) is 0 Å². The molecule has 0 aliphatic carbocycles. The molecule has 0 bridgehead atoms. The summed E-state index contributed by atoms with van der Waals surface area (Å²) in [5.41, 5.74) is 3.90. The van der Waals surface area contributed by atoms with Gasteiger partial charge in [-0.1, -0.05) is 0 Å². The lowest BCUT2D eigenvalue weighted by atomic mass is 10.2. The van der Waals surface area contributed by atoms with Gasteiger partial charge in [-0.25, -0.2) is 5.43 Å². The van der Waals surface area contributed by atoms with E-state index in [9.17, 15) is 4.79 Å². The van der Waals surface area contributed by atoms with Crippen LogP contribution in [0.25, 0.3) is 0 Å². The van der Waals surface area contributed by atoms with Crippen molar-refractivity contribution in [3.05, 3.63) is 44.1 Å². The Labute approximate surface area is 133 Å². The molecular formula is C14H11BrN2O3S. The number of hydrazone groups is 1. The Morgan fingerprint density at radius 2 is 2.14 bits per heavy atom. The van der Waals surface area contributed by atoms with E-state index in [4.69, 9.17) is 9.47 Å². The third-order valence-corrected chi connectivity index (χ3v) is 4.40. The van der Waals surface area contributed by atoms with Crippen molar-refractivity contribution >= 4 is 39.4 Å². The molecule has 1 N–H and O–H groups in total. The first-order valence-corrected chi connectivity index (χ1v) is 7.78. The van der Waals surface area contributed by atoms with E-state index in [1.807, 2.05) is 19.1 Å². The molecule has 0 spiro atoms. The number of ether oxygens (including phenoxy) is 2. The maximum Gasteiger partial charge on any atom is 0.272 e. The average molecular weight is 367 g/mol. The predicted molar refractivity (Wildman–Crippen MR) is 84.4 cm³/mol. The largest absolute Gasteiger partial charge is 0.454 e. The molecule has 108 valence electrons. The Balaban J connectivity index is 1.70. The van der Waals surface area contributed by atoms with Crippen molar-refractivity contribution in [2.24, 2.45) is 5.10 Å². The van der Waals surface area contributed by atoms with E-state index in [1.54, 1.807) is 17.7 Å². The Hall–Kier alpha value is -1.86. The quantitative estimate of drug-likeness (QED) is 0.669. The average Bonchev–Trinajstić information content (AvgIpc) is 3.07. The summed E-state index contributed by atoms with van der Waals surface area (Å²) in [4.78, 5) is 12.9. The second-order valence-electron chi connectivity index (χ2n) is 4.37. The maximum absolute atomic E-state index is 11.8. The summed E-state index contributed by atoms with van der Waals surface area (Å²) in [7, 11) is 0. The summed E-state index contributed by atoms with van der Waals surface area (Å²) < 4.78 is 11.4. The monoisotopic (exact) mass is 366 g/mol. The highest BCUT2D eigenvalue weighted by atomic mass is 79.9. The number of carbonyl (C=O) groups excluding carboxylic acids is 1. The highest BCUT2D eigenvalue weighted by molar-refractivity contribution is 9.10. The van der Waals surface area contributed by atoms with Crippen LogP contribution in [0.4, 0.5) is 0 Å². The predicted octanol–water partition coefficient (Wildman–Crippen LogP) is 3.31. The zero-order valence-electron chi connectivity index (χ0n) is 11.1. The number of thiophene rings is 1. The van der Waals surface area contributed by atoms with E-state index >= 15 is 0 Å². The summed E-state index contributed by atoms with van der Waals surface area (Å²) in [6.07, 6.45) is 1.56. The summed E-state index contributed by atoms with van der Waals surface area (Å²) >= 11 is 4.96. The number of halogens is 1. The minimum Gasteiger partial charge on any atom is -0.454 e. The number of aryl methyl sites for hydroxylation is 1. The molecule has 1 aromatic heterocycles. The van der Waals surface area contributed by atoms with Gasteiger partial charge in [0.1, 0.15) is 0 Å². The first-order valence-electron chi connectivity index (χ1n) is 6.11. The first-order chi connectivity index (χ1) is 10.1. The van der Waals surface area contributed by atoms with Crippen LogP contribution in [-0.4, -0.2) is 18.9 Å². The molecule has 5 nitrogen and oxygen atoms in total. The van der Waals surface area contributed by atoms with Gasteiger partial charge in [0.25, 0.3) is 5.91 Å². The van der Waals surface area contributed by atoms with Crippen LogP contribution in [0.15, 0.2) is 33.2 Å². The fraction of sp³-hybridized carbons (Fsp3) is 0.143. The topological polar surface area (TPSA) is 59.9 Å². The molecule has 0 unspecified atom stereocenters. The molecule has 0 saturated carbocycles. The number of nitrogens with one attached hydrogen (secondary N) is 1. The van der Waals surface area contributed by atoms with E-state index in [-0.39, 0.29) is 12.7 Å². The fourth-order valence-electron chi connectivity index (χ4n) is 1.82. The minimum atomic E-state index is -0.229. The third-order valence-electron chi connectivity index (χ3n) is 2.85. The highest BCUT2D eigenvalue weighted by Gasteiger charge is 2.15. The van der Waals surface area contributed by atoms with Crippen LogP contribution in [0, 0.1) is 6.92 Å².